The molecule has 1 fully saturated rings. The molecule has 2 aliphatic carbocycles. The van der Waals surface area contributed by atoms with E-state index in [1.807, 2.05) is 48.6 Å². The fraction of sp³-hybridized carbons (Fsp3) is 0.450. The lowest BCUT2D eigenvalue weighted by atomic mass is 10.0. The molecule has 0 aromatic heterocycles. The number of allylic oxidation sites excluding steroid dienone is 7. The Labute approximate surface area is 134 Å². The van der Waals surface area contributed by atoms with Crippen molar-refractivity contribution in [1.82, 2.24) is 4.90 Å². The van der Waals surface area contributed by atoms with Gasteiger partial charge in [-0.2, -0.15) is 0 Å². The van der Waals surface area contributed by atoms with Crippen LogP contribution in [0.15, 0.2) is 60.8 Å². The van der Waals surface area contributed by atoms with E-state index in [9.17, 15) is 4.79 Å². The van der Waals surface area contributed by atoms with E-state index in [0.717, 1.165) is 12.1 Å². The van der Waals surface area contributed by atoms with E-state index in [4.69, 9.17) is 0 Å². The first-order chi connectivity index (χ1) is 10.8. The number of rotatable bonds is 6. The number of nitrogens with zero attached hydrogens (tertiary/aromatic N) is 1. The summed E-state index contributed by atoms with van der Waals surface area (Å²) in [5.41, 5.74) is 0.781. The maximum Gasteiger partial charge on any atom is 0.176 e. The van der Waals surface area contributed by atoms with Crippen LogP contribution in [-0.2, 0) is 4.79 Å². The van der Waals surface area contributed by atoms with Gasteiger partial charge in [-0.15, -0.1) is 6.58 Å². The second-order valence-electron chi connectivity index (χ2n) is 6.04. The van der Waals surface area contributed by atoms with Gasteiger partial charge < -0.3 is 0 Å². The Bertz CT molecular complexity index is 488. The Morgan fingerprint density at radius 2 is 1.77 bits per heavy atom. The molecule has 0 aliphatic heterocycles. The molecule has 0 heterocycles. The summed E-state index contributed by atoms with van der Waals surface area (Å²) in [4.78, 5) is 14.9. The molecule has 0 radical (unpaired) electrons. The minimum Gasteiger partial charge on any atom is -0.293 e. The van der Waals surface area contributed by atoms with Crippen LogP contribution in [0.4, 0.5) is 0 Å². The van der Waals surface area contributed by atoms with Crippen molar-refractivity contribution in [2.75, 3.05) is 13.1 Å². The zero-order valence-corrected chi connectivity index (χ0v) is 13.4. The average molecular weight is 297 g/mol. The van der Waals surface area contributed by atoms with Crippen molar-refractivity contribution in [1.29, 1.82) is 0 Å². The highest BCUT2D eigenvalue weighted by atomic mass is 16.1. The molecule has 0 unspecified atom stereocenters. The minimum absolute atomic E-state index is 0.197. The minimum atomic E-state index is 0.197. The molecule has 1 saturated carbocycles. The summed E-state index contributed by atoms with van der Waals surface area (Å²) in [5, 5.41) is 0. The second-order valence-corrected chi connectivity index (χ2v) is 6.04. The van der Waals surface area contributed by atoms with Gasteiger partial charge in [0.1, 0.15) is 0 Å². The highest BCUT2D eigenvalue weighted by molar-refractivity contribution is 5.99. The molecule has 0 amide bonds. The number of carbonyl (C=O) groups excluding carboxylic acids is 1. The molecule has 0 atom stereocenters. The van der Waals surface area contributed by atoms with Crippen LogP contribution < -0.4 is 0 Å². The van der Waals surface area contributed by atoms with Crippen LogP contribution in [0, 0.1) is 0 Å². The van der Waals surface area contributed by atoms with Crippen molar-refractivity contribution >= 4 is 5.78 Å². The van der Waals surface area contributed by atoms with Crippen LogP contribution in [-0.4, -0.2) is 29.8 Å². The summed E-state index contributed by atoms with van der Waals surface area (Å²) in [6, 6.07) is 0.526. The third-order valence-electron chi connectivity index (χ3n) is 4.37. The lowest BCUT2D eigenvalue weighted by Gasteiger charge is -2.29. The van der Waals surface area contributed by atoms with Crippen molar-refractivity contribution in [2.45, 2.75) is 44.6 Å². The monoisotopic (exact) mass is 297 g/mol. The predicted octanol–water partition coefficient (Wildman–Crippen LogP) is 4.37. The van der Waals surface area contributed by atoms with Crippen molar-refractivity contribution in [2.24, 2.45) is 0 Å². The lowest BCUT2D eigenvalue weighted by molar-refractivity contribution is -0.116. The molecule has 0 spiro atoms. The predicted molar refractivity (Wildman–Crippen MR) is 93.8 cm³/mol. The average Bonchev–Trinajstić information content (AvgIpc) is 2.75. The lowest BCUT2D eigenvalue weighted by Crippen LogP contribution is -2.39. The van der Waals surface area contributed by atoms with Gasteiger partial charge in [-0.25, -0.2) is 0 Å². The maximum atomic E-state index is 12.6. The molecule has 2 aliphatic rings. The van der Waals surface area contributed by atoms with Crippen LogP contribution in [0.5, 0.6) is 0 Å². The maximum absolute atomic E-state index is 12.6. The number of hydrogen-bond donors (Lipinski definition) is 0. The Balaban J connectivity index is 2.02. The molecule has 0 aromatic carbocycles. The van der Waals surface area contributed by atoms with Gasteiger partial charge >= 0.3 is 0 Å². The Kier molecular flexibility index (Phi) is 7.11. The number of Topliss-reactive ketones (excluding diaryl/α,β-unsaturated/α-hetero) is 1. The van der Waals surface area contributed by atoms with Crippen LogP contribution >= 0.6 is 0 Å². The van der Waals surface area contributed by atoms with Crippen molar-refractivity contribution in [3.63, 3.8) is 0 Å². The second kappa shape index (κ2) is 9.37. The van der Waals surface area contributed by atoms with E-state index < -0.39 is 0 Å². The molecule has 0 bridgehead atoms. The standard InChI is InChI=1S/C20H27NO/c1-2-16-21(19-14-10-6-7-11-15-19)17-20(22)18-12-8-4-3-5-9-13-18/h2-5,8-9,12-13,19H,1,6-7,10-11,14-17H2. The van der Waals surface area contributed by atoms with Crippen molar-refractivity contribution in [3.8, 4) is 0 Å². The smallest absolute Gasteiger partial charge is 0.176 e. The zero-order chi connectivity index (χ0) is 15.6. The van der Waals surface area contributed by atoms with Crippen molar-refractivity contribution in [3.05, 3.63) is 60.8 Å². The molecule has 0 aromatic rings. The molecule has 118 valence electrons. The summed E-state index contributed by atoms with van der Waals surface area (Å²) in [6.07, 6.45) is 23.1. The molecule has 2 nitrogen and oxygen atoms in total. The summed E-state index contributed by atoms with van der Waals surface area (Å²) in [6.45, 7) is 5.15. The first kappa shape index (κ1) is 16.7. The molecule has 0 saturated heterocycles. The number of ketones is 1. The molecule has 0 N–H and O–H groups in total. The highest BCUT2D eigenvalue weighted by Crippen LogP contribution is 2.22. The largest absolute Gasteiger partial charge is 0.293 e. The Morgan fingerprint density at radius 1 is 1.09 bits per heavy atom. The van der Waals surface area contributed by atoms with Crippen molar-refractivity contribution < 1.29 is 4.79 Å². The van der Waals surface area contributed by atoms with E-state index >= 15 is 0 Å². The number of carbonyl (C=O) groups is 1. The molecular weight excluding hydrogens is 270 g/mol. The van der Waals surface area contributed by atoms with E-state index in [-0.39, 0.29) is 5.78 Å². The van der Waals surface area contributed by atoms with Gasteiger partial charge in [-0.05, 0) is 12.8 Å². The molecule has 2 heteroatoms. The van der Waals surface area contributed by atoms with Gasteiger partial charge in [0.25, 0.3) is 0 Å². The normalized spacial score (nSPS) is 19.4. The summed E-state index contributed by atoms with van der Waals surface area (Å²) >= 11 is 0. The molecule has 22 heavy (non-hydrogen) atoms. The van der Waals surface area contributed by atoms with E-state index in [0.29, 0.717) is 12.6 Å². The van der Waals surface area contributed by atoms with Crippen LogP contribution in [0.3, 0.4) is 0 Å². The molecular formula is C20H27NO. The van der Waals surface area contributed by atoms with Gasteiger partial charge in [0, 0.05) is 18.2 Å². The van der Waals surface area contributed by atoms with Gasteiger partial charge in [0.15, 0.2) is 5.78 Å². The first-order valence-corrected chi connectivity index (χ1v) is 8.41. The number of hydrogen-bond acceptors (Lipinski definition) is 2. The summed E-state index contributed by atoms with van der Waals surface area (Å²) in [7, 11) is 0. The topological polar surface area (TPSA) is 20.3 Å². The zero-order valence-electron chi connectivity index (χ0n) is 13.4. The fourth-order valence-corrected chi connectivity index (χ4v) is 3.16. The van der Waals surface area contributed by atoms with Crippen LogP contribution in [0.2, 0.25) is 0 Å². The van der Waals surface area contributed by atoms with E-state index in [1.165, 1.54) is 38.5 Å². The third-order valence-corrected chi connectivity index (χ3v) is 4.37. The van der Waals surface area contributed by atoms with Gasteiger partial charge in [-0.3, -0.25) is 9.69 Å². The van der Waals surface area contributed by atoms with Gasteiger partial charge in [0.2, 0.25) is 0 Å². The quantitative estimate of drug-likeness (QED) is 0.536. The molecule has 2 rings (SSSR count). The van der Waals surface area contributed by atoms with Crippen LogP contribution in [0.1, 0.15) is 38.5 Å². The van der Waals surface area contributed by atoms with E-state index in [1.54, 1.807) is 0 Å². The summed E-state index contributed by atoms with van der Waals surface area (Å²) in [5.74, 6) is 0.197. The SMILES string of the molecule is C=CCN(CC(=O)C1=CC=CC=CC=C1)C1CCCCCC1. The van der Waals surface area contributed by atoms with Gasteiger partial charge in [-0.1, -0.05) is 74.3 Å². The van der Waals surface area contributed by atoms with Gasteiger partial charge in [0.05, 0.1) is 6.54 Å². The van der Waals surface area contributed by atoms with Crippen LogP contribution in [0.25, 0.3) is 0 Å². The highest BCUT2D eigenvalue weighted by Gasteiger charge is 2.22. The summed E-state index contributed by atoms with van der Waals surface area (Å²) < 4.78 is 0. The fourth-order valence-electron chi connectivity index (χ4n) is 3.16. The Hall–Kier alpha value is -1.67. The first-order valence-electron chi connectivity index (χ1n) is 8.41. The van der Waals surface area contributed by atoms with E-state index in [2.05, 4.69) is 11.5 Å². The third kappa shape index (κ3) is 5.27. The Morgan fingerprint density at radius 3 is 2.50 bits per heavy atom.